The van der Waals surface area contributed by atoms with E-state index in [1.807, 2.05) is 6.07 Å². The molecule has 3 heterocycles. The Bertz CT molecular complexity index is 761. The van der Waals surface area contributed by atoms with Crippen LogP contribution in [0.4, 0.5) is 11.4 Å². The zero-order chi connectivity index (χ0) is 22.5. The average Bonchev–Trinajstić information content (AvgIpc) is 3.38. The molecular formula is C27H42N4OS. The summed E-state index contributed by atoms with van der Waals surface area (Å²) in [7, 11) is 0. The Balaban J connectivity index is 1.07. The van der Waals surface area contributed by atoms with Gasteiger partial charge in [0.2, 0.25) is 5.91 Å². The summed E-state index contributed by atoms with van der Waals surface area (Å²) in [4.78, 5) is 20.5. The SMILES string of the molecule is O=C(CC1CCCC1)Nc1cccc(N2CCC(N3CCC(N4CCSCC4)CC3)CC2)c1. The molecule has 4 fully saturated rings. The molecule has 0 bridgehead atoms. The minimum Gasteiger partial charge on any atom is -0.371 e. The number of anilines is 2. The van der Waals surface area contributed by atoms with Crippen molar-refractivity contribution in [1.29, 1.82) is 0 Å². The fourth-order valence-corrected chi connectivity index (χ4v) is 7.45. The van der Waals surface area contributed by atoms with Crippen LogP contribution in [0, 0.1) is 5.92 Å². The number of likely N-dealkylation sites (tertiary alicyclic amines) is 1. The average molecular weight is 471 g/mol. The minimum absolute atomic E-state index is 0.185. The predicted molar refractivity (Wildman–Crippen MR) is 140 cm³/mol. The van der Waals surface area contributed by atoms with Crippen molar-refractivity contribution in [3.05, 3.63) is 24.3 Å². The largest absolute Gasteiger partial charge is 0.371 e. The van der Waals surface area contributed by atoms with Crippen LogP contribution in [-0.4, -0.2) is 78.6 Å². The maximum absolute atomic E-state index is 12.5. The van der Waals surface area contributed by atoms with Crippen LogP contribution in [-0.2, 0) is 4.79 Å². The predicted octanol–water partition coefficient (Wildman–Crippen LogP) is 4.69. The number of hydrogen-bond donors (Lipinski definition) is 1. The molecule has 3 aliphatic heterocycles. The van der Waals surface area contributed by atoms with Gasteiger partial charge in [0.25, 0.3) is 0 Å². The van der Waals surface area contributed by atoms with Gasteiger partial charge in [-0.1, -0.05) is 18.9 Å². The molecule has 1 saturated carbocycles. The van der Waals surface area contributed by atoms with E-state index in [0.29, 0.717) is 12.3 Å². The maximum atomic E-state index is 12.5. The van der Waals surface area contributed by atoms with E-state index in [2.05, 4.69) is 50.0 Å². The molecule has 0 atom stereocenters. The number of nitrogens with zero attached hydrogens (tertiary/aromatic N) is 3. The number of hydrogen-bond acceptors (Lipinski definition) is 5. The maximum Gasteiger partial charge on any atom is 0.224 e. The zero-order valence-corrected chi connectivity index (χ0v) is 21.0. The van der Waals surface area contributed by atoms with Crippen LogP contribution in [0.2, 0.25) is 0 Å². The van der Waals surface area contributed by atoms with Gasteiger partial charge in [0, 0.05) is 67.6 Å². The minimum atomic E-state index is 0.185. The molecule has 5 rings (SSSR count). The van der Waals surface area contributed by atoms with E-state index in [1.54, 1.807) is 0 Å². The summed E-state index contributed by atoms with van der Waals surface area (Å²) < 4.78 is 0. The van der Waals surface area contributed by atoms with E-state index < -0.39 is 0 Å². The van der Waals surface area contributed by atoms with E-state index in [-0.39, 0.29) is 5.91 Å². The number of piperidine rings is 2. The second-order valence-corrected chi connectivity index (χ2v) is 11.8. The first kappa shape index (κ1) is 23.5. The lowest BCUT2D eigenvalue weighted by molar-refractivity contribution is -0.117. The van der Waals surface area contributed by atoms with E-state index in [9.17, 15) is 4.79 Å². The normalized spacial score (nSPS) is 24.9. The van der Waals surface area contributed by atoms with Crippen molar-refractivity contribution in [2.75, 3.05) is 61.0 Å². The molecule has 5 nitrogen and oxygen atoms in total. The lowest BCUT2D eigenvalue weighted by atomic mass is 9.96. The summed E-state index contributed by atoms with van der Waals surface area (Å²) in [6.45, 7) is 7.39. The first-order valence-electron chi connectivity index (χ1n) is 13.5. The van der Waals surface area contributed by atoms with Crippen LogP contribution in [0.1, 0.15) is 57.8 Å². The van der Waals surface area contributed by atoms with Gasteiger partial charge in [-0.2, -0.15) is 11.8 Å². The van der Waals surface area contributed by atoms with Crippen molar-refractivity contribution in [2.45, 2.75) is 69.9 Å². The third kappa shape index (κ3) is 6.26. The molecule has 1 amide bonds. The molecule has 3 saturated heterocycles. The standard InChI is InChI=1S/C27H42N4OS/c32-27(20-22-4-1-2-5-22)28-23-6-3-7-26(21-23)30-14-10-24(11-15-30)29-12-8-25(9-13-29)31-16-18-33-19-17-31/h3,6-7,21-22,24-25H,1-2,4-5,8-20H2,(H,28,32). The lowest BCUT2D eigenvalue weighted by Gasteiger charge is -2.45. The number of benzene rings is 1. The second-order valence-electron chi connectivity index (χ2n) is 10.6. The van der Waals surface area contributed by atoms with Crippen molar-refractivity contribution in [2.24, 2.45) is 5.92 Å². The first-order valence-corrected chi connectivity index (χ1v) is 14.6. The van der Waals surface area contributed by atoms with Crippen LogP contribution in [0.25, 0.3) is 0 Å². The monoisotopic (exact) mass is 470 g/mol. The highest BCUT2D eigenvalue weighted by atomic mass is 32.2. The molecule has 0 unspecified atom stereocenters. The van der Waals surface area contributed by atoms with Gasteiger partial charge in [-0.05, 0) is 75.7 Å². The first-order chi connectivity index (χ1) is 16.2. The van der Waals surface area contributed by atoms with E-state index in [4.69, 9.17) is 0 Å². The van der Waals surface area contributed by atoms with Crippen LogP contribution in [0.15, 0.2) is 24.3 Å². The number of carbonyl (C=O) groups excluding carboxylic acids is 1. The molecule has 6 heteroatoms. The summed E-state index contributed by atoms with van der Waals surface area (Å²) >= 11 is 2.12. The van der Waals surface area contributed by atoms with Gasteiger partial charge in [0.15, 0.2) is 0 Å². The molecule has 1 aromatic rings. The topological polar surface area (TPSA) is 38.8 Å². The molecule has 1 aromatic carbocycles. The Morgan fingerprint density at radius 1 is 0.848 bits per heavy atom. The van der Waals surface area contributed by atoms with Crippen molar-refractivity contribution in [1.82, 2.24) is 9.80 Å². The Labute approximate surface area is 204 Å². The summed E-state index contributed by atoms with van der Waals surface area (Å²) in [6, 6.07) is 10.1. The Morgan fingerprint density at radius 3 is 2.18 bits per heavy atom. The van der Waals surface area contributed by atoms with Crippen molar-refractivity contribution >= 4 is 29.0 Å². The number of carbonyl (C=O) groups is 1. The Kier molecular flexibility index (Phi) is 8.16. The third-order valence-electron chi connectivity index (χ3n) is 8.49. The fraction of sp³-hybridized carbons (Fsp3) is 0.741. The molecule has 0 spiro atoms. The van der Waals surface area contributed by atoms with Gasteiger partial charge in [-0.15, -0.1) is 0 Å². The lowest BCUT2D eigenvalue weighted by Crippen LogP contribution is -2.52. The number of nitrogens with one attached hydrogen (secondary N) is 1. The van der Waals surface area contributed by atoms with E-state index in [0.717, 1.165) is 30.9 Å². The highest BCUT2D eigenvalue weighted by Crippen LogP contribution is 2.30. The van der Waals surface area contributed by atoms with Gasteiger partial charge in [-0.25, -0.2) is 0 Å². The van der Waals surface area contributed by atoms with Crippen LogP contribution in [0.5, 0.6) is 0 Å². The number of amides is 1. The summed E-state index contributed by atoms with van der Waals surface area (Å²) in [5.74, 6) is 3.43. The smallest absolute Gasteiger partial charge is 0.224 e. The van der Waals surface area contributed by atoms with Crippen LogP contribution >= 0.6 is 11.8 Å². The Morgan fingerprint density at radius 2 is 1.48 bits per heavy atom. The van der Waals surface area contributed by atoms with Crippen molar-refractivity contribution < 1.29 is 4.79 Å². The van der Waals surface area contributed by atoms with E-state index >= 15 is 0 Å². The summed E-state index contributed by atoms with van der Waals surface area (Å²) in [5, 5.41) is 3.16. The van der Waals surface area contributed by atoms with Crippen molar-refractivity contribution in [3.8, 4) is 0 Å². The van der Waals surface area contributed by atoms with Gasteiger partial charge in [-0.3, -0.25) is 9.69 Å². The van der Waals surface area contributed by atoms with E-state index in [1.165, 1.54) is 94.7 Å². The molecule has 33 heavy (non-hydrogen) atoms. The molecular weight excluding hydrogens is 428 g/mol. The van der Waals surface area contributed by atoms with Crippen LogP contribution in [0.3, 0.4) is 0 Å². The molecule has 1 N–H and O–H groups in total. The summed E-state index contributed by atoms with van der Waals surface area (Å²) in [6.07, 6.45) is 10.9. The van der Waals surface area contributed by atoms with Gasteiger partial charge < -0.3 is 15.1 Å². The highest BCUT2D eigenvalue weighted by molar-refractivity contribution is 7.99. The summed E-state index contributed by atoms with van der Waals surface area (Å²) in [5.41, 5.74) is 2.21. The number of rotatable bonds is 6. The molecule has 4 aliphatic rings. The van der Waals surface area contributed by atoms with Gasteiger partial charge >= 0.3 is 0 Å². The zero-order valence-electron chi connectivity index (χ0n) is 20.2. The highest BCUT2D eigenvalue weighted by Gasteiger charge is 2.31. The second kappa shape index (κ2) is 11.5. The van der Waals surface area contributed by atoms with Crippen LogP contribution < -0.4 is 10.2 Å². The van der Waals surface area contributed by atoms with Gasteiger partial charge in [0.1, 0.15) is 0 Å². The Hall–Kier alpha value is -1.24. The molecule has 182 valence electrons. The molecule has 0 radical (unpaired) electrons. The molecule has 0 aromatic heterocycles. The number of thioether (sulfide) groups is 1. The quantitative estimate of drug-likeness (QED) is 0.653. The van der Waals surface area contributed by atoms with Gasteiger partial charge in [0.05, 0.1) is 0 Å². The van der Waals surface area contributed by atoms with Crippen molar-refractivity contribution in [3.63, 3.8) is 0 Å². The fourth-order valence-electron chi connectivity index (χ4n) is 6.52. The third-order valence-corrected chi connectivity index (χ3v) is 9.43. The molecule has 1 aliphatic carbocycles.